The quantitative estimate of drug-likeness (QED) is 0.453. The Labute approximate surface area is 170 Å². The zero-order valence-corrected chi connectivity index (χ0v) is 16.8. The smallest absolute Gasteiger partial charge is 0.260 e. The van der Waals surface area contributed by atoms with Gasteiger partial charge in [0, 0.05) is 16.1 Å². The average molecular weight is 414 g/mol. The highest BCUT2D eigenvalue weighted by Crippen LogP contribution is 2.35. The molecule has 0 spiro atoms. The molecule has 0 saturated carbocycles. The number of hydrogen-bond donors (Lipinski definition) is 2. The van der Waals surface area contributed by atoms with Crippen molar-refractivity contribution in [1.82, 2.24) is 9.97 Å². The number of fused-ring (bicyclic) bond motifs is 1. The van der Waals surface area contributed by atoms with Crippen LogP contribution in [0.2, 0.25) is 5.02 Å². The Bertz CT molecular complexity index is 1230. The predicted octanol–water partition coefficient (Wildman–Crippen LogP) is 5.67. The summed E-state index contributed by atoms with van der Waals surface area (Å²) in [6.07, 6.45) is 0. The molecule has 4 rings (SSSR count). The Morgan fingerprint density at radius 3 is 2.64 bits per heavy atom. The van der Waals surface area contributed by atoms with Crippen molar-refractivity contribution in [2.24, 2.45) is 0 Å². The minimum absolute atomic E-state index is 0.0403. The van der Waals surface area contributed by atoms with E-state index in [1.807, 2.05) is 38.1 Å². The van der Waals surface area contributed by atoms with Gasteiger partial charge in [-0.25, -0.2) is 9.37 Å². The number of aromatic amines is 1. The molecule has 7 heteroatoms. The van der Waals surface area contributed by atoms with Gasteiger partial charge in [0.2, 0.25) is 0 Å². The van der Waals surface area contributed by atoms with Crippen molar-refractivity contribution >= 4 is 38.8 Å². The topological polar surface area (TPSA) is 57.8 Å². The third-order valence-electron chi connectivity index (χ3n) is 4.51. The highest BCUT2D eigenvalue weighted by Gasteiger charge is 2.16. The van der Waals surface area contributed by atoms with Gasteiger partial charge in [-0.2, -0.15) is 0 Å². The first-order chi connectivity index (χ1) is 13.4. The third-order valence-corrected chi connectivity index (χ3v) is 5.80. The Balaban J connectivity index is 1.68. The number of H-pyrrole nitrogens is 1. The average Bonchev–Trinajstić information content (AvgIpc) is 3.00. The number of anilines is 1. The number of halogens is 2. The summed E-state index contributed by atoms with van der Waals surface area (Å²) in [6, 6.07) is 12.5. The second-order valence-corrected chi connectivity index (χ2v) is 8.18. The highest BCUT2D eigenvalue weighted by atomic mass is 35.5. The Morgan fingerprint density at radius 1 is 1.18 bits per heavy atom. The van der Waals surface area contributed by atoms with Crippen LogP contribution in [0.4, 0.5) is 10.1 Å². The normalized spacial score (nSPS) is 11.1. The van der Waals surface area contributed by atoms with Crippen LogP contribution in [0.1, 0.15) is 16.3 Å². The Kier molecular flexibility index (Phi) is 4.91. The van der Waals surface area contributed by atoms with Crippen molar-refractivity contribution in [3.63, 3.8) is 0 Å². The highest BCUT2D eigenvalue weighted by molar-refractivity contribution is 7.19. The fourth-order valence-electron chi connectivity index (χ4n) is 3.11. The summed E-state index contributed by atoms with van der Waals surface area (Å²) >= 11 is 7.30. The fourth-order valence-corrected chi connectivity index (χ4v) is 4.35. The van der Waals surface area contributed by atoms with Crippen LogP contribution in [0.25, 0.3) is 21.3 Å². The number of thiophene rings is 1. The molecule has 2 aromatic carbocycles. The summed E-state index contributed by atoms with van der Waals surface area (Å²) in [4.78, 5) is 22.0. The molecule has 2 heterocycles. The SMILES string of the molecule is Cc1ccc(-c2c(C)sc3nc(CNc4ccc(F)c(Cl)c4)[nH]c(=O)c23)cc1. The van der Waals surface area contributed by atoms with Crippen molar-refractivity contribution in [1.29, 1.82) is 0 Å². The lowest BCUT2D eigenvalue weighted by molar-refractivity contribution is 0.628. The number of benzene rings is 2. The van der Waals surface area contributed by atoms with E-state index in [0.29, 0.717) is 28.3 Å². The van der Waals surface area contributed by atoms with Crippen LogP contribution in [0.15, 0.2) is 47.3 Å². The second-order valence-electron chi connectivity index (χ2n) is 6.57. The molecule has 0 unspecified atom stereocenters. The molecule has 0 aliphatic rings. The lowest BCUT2D eigenvalue weighted by Gasteiger charge is -2.07. The molecular weight excluding hydrogens is 397 g/mol. The molecule has 2 aromatic heterocycles. The van der Waals surface area contributed by atoms with Crippen LogP contribution in [0.5, 0.6) is 0 Å². The molecule has 0 atom stereocenters. The van der Waals surface area contributed by atoms with Crippen molar-refractivity contribution in [2.75, 3.05) is 5.32 Å². The molecule has 0 aliphatic carbocycles. The molecule has 142 valence electrons. The molecule has 2 N–H and O–H groups in total. The molecule has 0 aliphatic heterocycles. The number of hydrogen-bond acceptors (Lipinski definition) is 4. The van der Waals surface area contributed by atoms with Crippen LogP contribution >= 0.6 is 22.9 Å². The lowest BCUT2D eigenvalue weighted by atomic mass is 10.0. The molecule has 4 aromatic rings. The maximum Gasteiger partial charge on any atom is 0.260 e. The van der Waals surface area contributed by atoms with E-state index >= 15 is 0 Å². The van der Waals surface area contributed by atoms with Gasteiger partial charge in [0.25, 0.3) is 5.56 Å². The zero-order chi connectivity index (χ0) is 19.8. The summed E-state index contributed by atoms with van der Waals surface area (Å²) in [5, 5.41) is 3.75. The van der Waals surface area contributed by atoms with Gasteiger partial charge in [-0.3, -0.25) is 4.79 Å². The van der Waals surface area contributed by atoms with Crippen LogP contribution in [-0.2, 0) is 6.54 Å². The number of nitrogens with one attached hydrogen (secondary N) is 2. The van der Waals surface area contributed by atoms with Gasteiger partial charge >= 0.3 is 0 Å². The summed E-state index contributed by atoms with van der Waals surface area (Å²) in [6.45, 7) is 4.33. The second kappa shape index (κ2) is 7.37. The van der Waals surface area contributed by atoms with Gasteiger partial charge in [0.15, 0.2) is 0 Å². The van der Waals surface area contributed by atoms with E-state index in [-0.39, 0.29) is 10.6 Å². The third kappa shape index (κ3) is 3.53. The monoisotopic (exact) mass is 413 g/mol. The summed E-state index contributed by atoms with van der Waals surface area (Å²) in [7, 11) is 0. The van der Waals surface area contributed by atoms with Gasteiger partial charge in [0.1, 0.15) is 16.5 Å². The molecule has 4 nitrogen and oxygen atoms in total. The molecule has 28 heavy (non-hydrogen) atoms. The molecule has 0 amide bonds. The lowest BCUT2D eigenvalue weighted by Crippen LogP contribution is -2.14. The van der Waals surface area contributed by atoms with Crippen LogP contribution < -0.4 is 10.9 Å². The minimum atomic E-state index is -0.474. The van der Waals surface area contributed by atoms with Crippen molar-refractivity contribution in [3.05, 3.63) is 79.9 Å². The van der Waals surface area contributed by atoms with Gasteiger partial charge in [-0.05, 0) is 37.6 Å². The standard InChI is InChI=1S/C21H17ClFN3OS/c1-11-3-5-13(6-4-11)18-12(2)28-21-19(18)20(27)25-17(26-21)10-24-14-7-8-16(23)15(22)9-14/h3-9,24H,10H2,1-2H3,(H,25,26,27). The largest absolute Gasteiger partial charge is 0.378 e. The number of nitrogens with zero attached hydrogens (tertiary/aromatic N) is 1. The van der Waals surface area contributed by atoms with Crippen molar-refractivity contribution < 1.29 is 4.39 Å². The van der Waals surface area contributed by atoms with Crippen LogP contribution in [0.3, 0.4) is 0 Å². The van der Waals surface area contributed by atoms with Crippen molar-refractivity contribution in [2.45, 2.75) is 20.4 Å². The van der Waals surface area contributed by atoms with Gasteiger partial charge in [0.05, 0.1) is 17.0 Å². The molecular formula is C21H17ClFN3OS. The van der Waals surface area contributed by atoms with E-state index < -0.39 is 5.82 Å². The number of aromatic nitrogens is 2. The van der Waals surface area contributed by atoms with E-state index in [4.69, 9.17) is 11.6 Å². The van der Waals surface area contributed by atoms with E-state index in [9.17, 15) is 9.18 Å². The molecule has 0 fully saturated rings. The minimum Gasteiger partial charge on any atom is -0.378 e. The predicted molar refractivity (Wildman–Crippen MR) is 114 cm³/mol. The van der Waals surface area contributed by atoms with E-state index in [2.05, 4.69) is 15.3 Å². The Hall–Kier alpha value is -2.70. The first-order valence-corrected chi connectivity index (χ1v) is 9.90. The van der Waals surface area contributed by atoms with E-state index in [1.165, 1.54) is 29.0 Å². The maximum absolute atomic E-state index is 13.3. The van der Waals surface area contributed by atoms with Gasteiger partial charge in [-0.15, -0.1) is 11.3 Å². The molecule has 0 radical (unpaired) electrons. The summed E-state index contributed by atoms with van der Waals surface area (Å²) < 4.78 is 13.3. The van der Waals surface area contributed by atoms with Crippen LogP contribution in [0, 0.1) is 19.7 Å². The first kappa shape index (κ1) is 18.7. The zero-order valence-electron chi connectivity index (χ0n) is 15.3. The summed E-state index contributed by atoms with van der Waals surface area (Å²) in [5.74, 6) is 0.0347. The maximum atomic E-state index is 13.3. The number of rotatable bonds is 4. The Morgan fingerprint density at radius 2 is 1.93 bits per heavy atom. The van der Waals surface area contributed by atoms with E-state index in [1.54, 1.807) is 6.07 Å². The van der Waals surface area contributed by atoms with Crippen molar-refractivity contribution in [3.8, 4) is 11.1 Å². The van der Waals surface area contributed by atoms with Crippen LogP contribution in [-0.4, -0.2) is 9.97 Å². The van der Waals surface area contributed by atoms with Gasteiger partial charge in [-0.1, -0.05) is 41.4 Å². The van der Waals surface area contributed by atoms with E-state index in [0.717, 1.165) is 16.0 Å². The number of aryl methyl sites for hydroxylation is 2. The fraction of sp³-hybridized carbons (Fsp3) is 0.143. The summed E-state index contributed by atoms with van der Waals surface area (Å²) in [5.41, 5.74) is 3.59. The first-order valence-electron chi connectivity index (χ1n) is 8.70. The van der Waals surface area contributed by atoms with Gasteiger partial charge < -0.3 is 10.3 Å². The molecule has 0 bridgehead atoms. The molecule has 0 saturated heterocycles.